The number of phosphoric acid groups is 2. The summed E-state index contributed by atoms with van der Waals surface area (Å²) >= 11 is 0. The first-order chi connectivity index (χ1) is 20.2. The fraction of sp³-hybridized carbons (Fsp3) is 1.00. The minimum Gasteiger partial charge on any atom is -0.790 e. The Morgan fingerprint density at radius 1 is 0.372 bits per heavy atom. The fourth-order valence-electron chi connectivity index (χ4n) is 5.41. The Morgan fingerprint density at radius 2 is 0.512 bits per heavy atom. The van der Waals surface area contributed by atoms with Crippen molar-refractivity contribution in [1.29, 1.82) is 0 Å². The number of quaternary nitrogens is 2. The maximum Gasteiger partial charge on any atom is 0.0786 e. The highest BCUT2D eigenvalue weighted by Gasteiger charge is 2.25. The third-order valence-electron chi connectivity index (χ3n) is 8.09. The highest BCUT2D eigenvalue weighted by Crippen LogP contribution is 2.42. The Kier molecular flexibility index (Phi) is 32.7. The van der Waals surface area contributed by atoms with Gasteiger partial charge in [-0.05, 0) is 51.4 Å². The molecule has 0 saturated carbocycles. The zero-order valence-electron chi connectivity index (χ0n) is 29.6. The van der Waals surface area contributed by atoms with Crippen molar-refractivity contribution in [1.82, 2.24) is 0 Å². The molecule has 0 aliphatic heterocycles. The third kappa shape index (κ3) is 31.9. The van der Waals surface area contributed by atoms with E-state index >= 15 is 0 Å². The Labute approximate surface area is 267 Å². The van der Waals surface area contributed by atoms with Crippen molar-refractivity contribution in [3.63, 3.8) is 0 Å². The summed E-state index contributed by atoms with van der Waals surface area (Å²) in [4.78, 5) is 37.3. The van der Waals surface area contributed by atoms with Crippen LogP contribution in [0, 0.1) is 0 Å². The van der Waals surface area contributed by atoms with E-state index < -0.39 is 15.6 Å². The van der Waals surface area contributed by atoms with Gasteiger partial charge in [0.2, 0.25) is 0 Å². The van der Waals surface area contributed by atoms with E-state index in [0.717, 1.165) is 0 Å². The maximum absolute atomic E-state index is 9.32. The largest absolute Gasteiger partial charge is 0.790 e. The molecule has 9 nitrogen and oxygen atoms in total. The molecule has 0 aliphatic rings. The van der Waals surface area contributed by atoms with Crippen LogP contribution in [0.1, 0.15) is 158 Å². The molecule has 11 heteroatoms. The normalized spacial score (nSPS) is 12.4. The number of unbranched alkanes of at least 4 members (excludes halogenated alkanes) is 8. The molecular formula is C32H72N2O7P2-2. The molecular weight excluding hydrogens is 586 g/mol. The van der Waals surface area contributed by atoms with Crippen LogP contribution in [0.4, 0.5) is 0 Å². The lowest BCUT2D eigenvalue weighted by Crippen LogP contribution is -2.50. The van der Waals surface area contributed by atoms with E-state index in [1.165, 1.54) is 164 Å². The van der Waals surface area contributed by atoms with E-state index in [2.05, 4.69) is 59.7 Å². The predicted molar refractivity (Wildman–Crippen MR) is 175 cm³/mol. The molecule has 0 heterocycles. The molecule has 0 atom stereocenters. The smallest absolute Gasteiger partial charge is 0.0786 e. The minimum atomic E-state index is -5.68. The molecule has 0 aromatic heterocycles. The van der Waals surface area contributed by atoms with Gasteiger partial charge in [-0.2, -0.15) is 0 Å². The Morgan fingerprint density at radius 3 is 0.581 bits per heavy atom. The highest BCUT2D eigenvalue weighted by atomic mass is 31.3. The minimum absolute atomic E-state index is 1.35. The van der Waals surface area contributed by atoms with Crippen molar-refractivity contribution < 1.29 is 42.0 Å². The van der Waals surface area contributed by atoms with Crippen molar-refractivity contribution >= 4 is 15.6 Å². The van der Waals surface area contributed by atoms with Crippen molar-refractivity contribution in [2.45, 2.75) is 158 Å². The SMILES string of the molecule is CCCC[N+](CCCC)(CCCC)CCCC.CCCC[N+](CCCC)(CCCC)CCCC.O=P([O-])([O-])OP(=O)([O-])[O-]. The second-order valence-corrected chi connectivity index (χ2v) is 14.7. The lowest BCUT2D eigenvalue weighted by molar-refractivity contribution is -0.929. The van der Waals surface area contributed by atoms with Crippen molar-refractivity contribution in [3.8, 4) is 0 Å². The van der Waals surface area contributed by atoms with Crippen LogP contribution in [-0.2, 0) is 13.4 Å². The summed E-state index contributed by atoms with van der Waals surface area (Å²) in [7, 11) is -11.4. The molecule has 0 aliphatic carbocycles. The summed E-state index contributed by atoms with van der Waals surface area (Å²) in [6.07, 6.45) is 22.1. The molecule has 43 heavy (non-hydrogen) atoms. The average Bonchev–Trinajstić information content (AvgIpc) is 2.94. The van der Waals surface area contributed by atoms with E-state index in [-0.39, 0.29) is 0 Å². The molecule has 0 aromatic rings. The predicted octanol–water partition coefficient (Wildman–Crippen LogP) is 6.67. The van der Waals surface area contributed by atoms with Gasteiger partial charge in [0, 0.05) is 0 Å². The second kappa shape index (κ2) is 29.6. The molecule has 0 saturated heterocycles. The third-order valence-corrected chi connectivity index (χ3v) is 9.69. The molecule has 0 rings (SSSR count). The van der Waals surface area contributed by atoms with Crippen LogP contribution in [0.2, 0.25) is 0 Å². The van der Waals surface area contributed by atoms with E-state index in [0.29, 0.717) is 0 Å². The van der Waals surface area contributed by atoms with Crippen LogP contribution >= 0.6 is 15.6 Å². The summed E-state index contributed by atoms with van der Waals surface area (Å²) in [5.74, 6) is 0. The molecule has 0 radical (unpaired) electrons. The Balaban J connectivity index is -0.000000586. The summed E-state index contributed by atoms with van der Waals surface area (Å²) in [6, 6.07) is 0. The van der Waals surface area contributed by atoms with Gasteiger partial charge in [0.05, 0.1) is 68.0 Å². The van der Waals surface area contributed by atoms with Gasteiger partial charge in [0.1, 0.15) is 0 Å². The number of rotatable bonds is 26. The van der Waals surface area contributed by atoms with Crippen molar-refractivity contribution in [2.24, 2.45) is 0 Å². The average molecular weight is 659 g/mol. The molecule has 0 unspecified atom stereocenters. The van der Waals surface area contributed by atoms with E-state index in [4.69, 9.17) is 0 Å². The first kappa shape index (κ1) is 47.6. The summed E-state index contributed by atoms with van der Waals surface area (Å²) in [5.41, 5.74) is 0. The lowest BCUT2D eigenvalue weighted by atomic mass is 10.1. The zero-order chi connectivity index (χ0) is 33.7. The van der Waals surface area contributed by atoms with Crippen molar-refractivity contribution in [3.05, 3.63) is 0 Å². The fourth-order valence-corrected chi connectivity index (χ4v) is 6.39. The first-order valence-electron chi connectivity index (χ1n) is 17.6. The van der Waals surface area contributed by atoms with E-state index in [1.807, 2.05) is 0 Å². The molecule has 0 amide bonds. The van der Waals surface area contributed by atoms with Gasteiger partial charge in [-0.3, -0.25) is 0 Å². The Hall–Kier alpha value is 0.180. The lowest BCUT2D eigenvalue weighted by Gasteiger charge is -2.39. The van der Waals surface area contributed by atoms with E-state index in [1.54, 1.807) is 0 Å². The summed E-state index contributed by atoms with van der Waals surface area (Å²) in [6.45, 7) is 30.0. The first-order valence-corrected chi connectivity index (χ1v) is 20.6. The van der Waals surface area contributed by atoms with Gasteiger partial charge in [0.25, 0.3) is 0 Å². The summed E-state index contributed by atoms with van der Waals surface area (Å²) < 4.78 is 24.0. The molecule has 0 spiro atoms. The van der Waals surface area contributed by atoms with Crippen LogP contribution in [0.5, 0.6) is 0 Å². The van der Waals surface area contributed by atoms with Crippen LogP contribution in [0.3, 0.4) is 0 Å². The van der Waals surface area contributed by atoms with Gasteiger partial charge in [-0.1, -0.05) is 107 Å². The van der Waals surface area contributed by atoms with Crippen molar-refractivity contribution in [2.75, 3.05) is 52.4 Å². The molecule has 264 valence electrons. The molecule has 0 aromatic carbocycles. The van der Waals surface area contributed by atoms with Gasteiger partial charge in [-0.15, -0.1) is 0 Å². The molecule has 0 bridgehead atoms. The van der Waals surface area contributed by atoms with E-state index in [9.17, 15) is 28.7 Å². The van der Waals surface area contributed by atoms with Crippen LogP contribution in [-0.4, -0.2) is 61.3 Å². The van der Waals surface area contributed by atoms with Crippen LogP contribution < -0.4 is 19.6 Å². The number of nitrogens with zero attached hydrogens (tertiary/aromatic N) is 2. The van der Waals surface area contributed by atoms with Gasteiger partial charge in [0.15, 0.2) is 0 Å². The standard InChI is InChI=1S/2C16H36N.H4O7P2/c2*1-5-9-13-17(14-10-6-2,15-11-7-3)16-12-8-4;1-8(2,3)7-9(4,5)6/h2*5-16H2,1-4H3;(H2,1,2,3)(H2,4,5,6)/q2*+1;/p-4. The Bertz CT molecular complexity index is 556. The number of hydrogen-bond donors (Lipinski definition) is 0. The topological polar surface area (TPSA) is 136 Å². The van der Waals surface area contributed by atoms with Crippen LogP contribution in [0.15, 0.2) is 0 Å². The van der Waals surface area contributed by atoms with Gasteiger partial charge in [-0.25, -0.2) is 0 Å². The highest BCUT2D eigenvalue weighted by molar-refractivity contribution is 7.57. The van der Waals surface area contributed by atoms with Crippen LogP contribution in [0.25, 0.3) is 0 Å². The van der Waals surface area contributed by atoms with Gasteiger partial charge >= 0.3 is 0 Å². The maximum atomic E-state index is 9.32. The molecule has 0 fully saturated rings. The monoisotopic (exact) mass is 658 g/mol. The zero-order valence-corrected chi connectivity index (χ0v) is 31.4. The second-order valence-electron chi connectivity index (χ2n) is 12.3. The number of hydrogen-bond acceptors (Lipinski definition) is 7. The molecule has 0 N–H and O–H groups in total. The van der Waals surface area contributed by atoms with Gasteiger partial charge < -0.3 is 42.0 Å². The quantitative estimate of drug-likeness (QED) is 0.0748. The summed E-state index contributed by atoms with van der Waals surface area (Å²) in [5, 5.41) is 0.